The molecule has 0 saturated heterocycles. The third-order valence-corrected chi connectivity index (χ3v) is 3.59. The first kappa shape index (κ1) is 14.8. The Kier molecular flexibility index (Phi) is 4.05. The van der Waals surface area contributed by atoms with Crippen LogP contribution in [0.5, 0.6) is 0 Å². The summed E-state index contributed by atoms with van der Waals surface area (Å²) in [5, 5.41) is 6.85. The van der Waals surface area contributed by atoms with E-state index in [1.165, 1.54) is 0 Å². The number of rotatable bonds is 3. The quantitative estimate of drug-likeness (QED) is 0.758. The van der Waals surface area contributed by atoms with Crippen LogP contribution >= 0.6 is 0 Å². The van der Waals surface area contributed by atoms with Gasteiger partial charge in [-0.15, -0.1) is 0 Å². The molecule has 2 aromatic rings. The standard InChI is InChI=1S/C17H16N4O2/c18-14-4-2-1-3-13(14)17(23)19-12-7-5-11(6-8-12)15-9-10-16(22)21-20-15/h1-8H,9-10,18H2,(H,19,23)(H,21,22). The molecular formula is C17H16N4O2. The number of carbonyl (C=O) groups excluding carboxylic acids is 2. The molecule has 0 radical (unpaired) electrons. The Bertz CT molecular complexity index is 781. The Morgan fingerprint density at radius 3 is 2.48 bits per heavy atom. The molecule has 1 aliphatic heterocycles. The Morgan fingerprint density at radius 2 is 1.83 bits per heavy atom. The lowest BCUT2D eigenvalue weighted by atomic mass is 10.0. The summed E-state index contributed by atoms with van der Waals surface area (Å²) in [5.74, 6) is -0.323. The summed E-state index contributed by atoms with van der Waals surface area (Å²) in [5.41, 5.74) is 11.6. The zero-order valence-electron chi connectivity index (χ0n) is 12.4. The topological polar surface area (TPSA) is 96.6 Å². The summed E-state index contributed by atoms with van der Waals surface area (Å²) in [4.78, 5) is 23.3. The number of carbonyl (C=O) groups is 2. The van der Waals surface area contributed by atoms with Crippen LogP contribution in [0, 0.1) is 0 Å². The first-order valence-electron chi connectivity index (χ1n) is 7.25. The molecule has 6 nitrogen and oxygen atoms in total. The van der Waals surface area contributed by atoms with Crippen LogP contribution in [0.15, 0.2) is 53.6 Å². The van der Waals surface area contributed by atoms with E-state index in [1.54, 1.807) is 36.4 Å². The SMILES string of the molecule is Nc1ccccc1C(=O)Nc1ccc(C2=NNC(=O)CC2)cc1. The number of amides is 2. The number of anilines is 2. The van der Waals surface area contributed by atoms with E-state index in [0.29, 0.717) is 29.8 Å². The minimum Gasteiger partial charge on any atom is -0.398 e. The van der Waals surface area contributed by atoms with Crippen molar-refractivity contribution in [2.45, 2.75) is 12.8 Å². The fourth-order valence-electron chi connectivity index (χ4n) is 2.33. The molecule has 0 spiro atoms. The molecule has 3 rings (SSSR count). The normalized spacial score (nSPS) is 13.9. The number of benzene rings is 2. The van der Waals surface area contributed by atoms with E-state index < -0.39 is 0 Å². The number of hydrogen-bond donors (Lipinski definition) is 3. The Hall–Kier alpha value is -3.15. The van der Waals surface area contributed by atoms with Gasteiger partial charge in [0.15, 0.2) is 0 Å². The maximum atomic E-state index is 12.2. The second kappa shape index (κ2) is 6.31. The van der Waals surface area contributed by atoms with Crippen molar-refractivity contribution in [1.82, 2.24) is 5.43 Å². The van der Waals surface area contributed by atoms with E-state index in [0.717, 1.165) is 11.3 Å². The summed E-state index contributed by atoms with van der Waals surface area (Å²) in [6, 6.07) is 14.2. The fraction of sp³-hybridized carbons (Fsp3) is 0.118. The first-order chi connectivity index (χ1) is 11.1. The monoisotopic (exact) mass is 308 g/mol. The van der Waals surface area contributed by atoms with Gasteiger partial charge in [0.05, 0.1) is 11.3 Å². The average Bonchev–Trinajstić information content (AvgIpc) is 2.57. The molecule has 0 aliphatic carbocycles. The van der Waals surface area contributed by atoms with Crippen molar-refractivity contribution >= 4 is 28.9 Å². The van der Waals surface area contributed by atoms with Gasteiger partial charge >= 0.3 is 0 Å². The highest BCUT2D eigenvalue weighted by Gasteiger charge is 2.13. The molecule has 116 valence electrons. The van der Waals surface area contributed by atoms with Gasteiger partial charge < -0.3 is 11.1 Å². The minimum absolute atomic E-state index is 0.0712. The predicted molar refractivity (Wildman–Crippen MR) is 89.2 cm³/mol. The van der Waals surface area contributed by atoms with Gasteiger partial charge in [-0.2, -0.15) is 5.10 Å². The van der Waals surface area contributed by atoms with Gasteiger partial charge in [-0.1, -0.05) is 24.3 Å². The highest BCUT2D eigenvalue weighted by Crippen LogP contribution is 2.17. The van der Waals surface area contributed by atoms with E-state index in [4.69, 9.17) is 5.73 Å². The fourth-order valence-corrected chi connectivity index (χ4v) is 2.33. The van der Waals surface area contributed by atoms with Gasteiger partial charge in [0, 0.05) is 24.2 Å². The number of hydrazone groups is 1. The Balaban J connectivity index is 1.72. The van der Waals surface area contributed by atoms with Crippen LogP contribution in [0.1, 0.15) is 28.8 Å². The second-order valence-corrected chi connectivity index (χ2v) is 5.21. The molecule has 2 amide bonds. The Labute approximate surface area is 133 Å². The van der Waals surface area contributed by atoms with Gasteiger partial charge in [0.2, 0.25) is 5.91 Å². The molecule has 0 bridgehead atoms. The molecule has 0 atom stereocenters. The lowest BCUT2D eigenvalue weighted by molar-refractivity contribution is -0.121. The van der Waals surface area contributed by atoms with Gasteiger partial charge in [0.1, 0.15) is 0 Å². The van der Waals surface area contributed by atoms with Gasteiger partial charge in [0.25, 0.3) is 5.91 Å². The summed E-state index contributed by atoms with van der Waals surface area (Å²) in [6.45, 7) is 0. The molecule has 0 unspecified atom stereocenters. The van der Waals surface area contributed by atoms with Crippen LogP contribution in [0.25, 0.3) is 0 Å². The molecular weight excluding hydrogens is 292 g/mol. The summed E-state index contributed by atoms with van der Waals surface area (Å²) >= 11 is 0. The smallest absolute Gasteiger partial charge is 0.257 e. The molecule has 1 heterocycles. The minimum atomic E-state index is -0.252. The zero-order chi connectivity index (χ0) is 16.2. The van der Waals surface area contributed by atoms with Crippen molar-refractivity contribution in [1.29, 1.82) is 0 Å². The van der Waals surface area contributed by atoms with Crippen LogP contribution in [0.4, 0.5) is 11.4 Å². The van der Waals surface area contributed by atoms with Crippen LogP contribution < -0.4 is 16.5 Å². The van der Waals surface area contributed by atoms with E-state index in [2.05, 4.69) is 15.8 Å². The number of nitrogens with two attached hydrogens (primary N) is 1. The molecule has 0 fully saturated rings. The van der Waals surface area contributed by atoms with Crippen LogP contribution in [-0.4, -0.2) is 17.5 Å². The lowest BCUT2D eigenvalue weighted by Gasteiger charge is -2.13. The summed E-state index contributed by atoms with van der Waals surface area (Å²) in [7, 11) is 0. The molecule has 4 N–H and O–H groups in total. The largest absolute Gasteiger partial charge is 0.398 e. The van der Waals surface area contributed by atoms with Gasteiger partial charge in [-0.3, -0.25) is 9.59 Å². The molecule has 0 aromatic heterocycles. The number of hydrogen-bond acceptors (Lipinski definition) is 4. The van der Waals surface area contributed by atoms with E-state index >= 15 is 0 Å². The number of para-hydroxylation sites is 1. The van der Waals surface area contributed by atoms with E-state index in [9.17, 15) is 9.59 Å². The maximum Gasteiger partial charge on any atom is 0.257 e. The molecule has 0 saturated carbocycles. The van der Waals surface area contributed by atoms with E-state index in [-0.39, 0.29) is 11.8 Å². The average molecular weight is 308 g/mol. The van der Waals surface area contributed by atoms with Crippen molar-refractivity contribution in [2.24, 2.45) is 5.10 Å². The van der Waals surface area contributed by atoms with Crippen molar-refractivity contribution in [2.75, 3.05) is 11.1 Å². The van der Waals surface area contributed by atoms with Crippen molar-refractivity contribution in [3.8, 4) is 0 Å². The predicted octanol–water partition coefficient (Wildman–Crippen LogP) is 2.14. The number of nitrogens with one attached hydrogen (secondary N) is 2. The molecule has 1 aliphatic rings. The van der Waals surface area contributed by atoms with Crippen molar-refractivity contribution < 1.29 is 9.59 Å². The number of nitrogen functional groups attached to an aromatic ring is 1. The lowest BCUT2D eigenvalue weighted by Crippen LogP contribution is -2.25. The summed E-state index contributed by atoms with van der Waals surface area (Å²) in [6.07, 6.45) is 1.04. The van der Waals surface area contributed by atoms with Gasteiger partial charge in [-0.25, -0.2) is 5.43 Å². The molecule has 23 heavy (non-hydrogen) atoms. The van der Waals surface area contributed by atoms with Crippen LogP contribution in [0.2, 0.25) is 0 Å². The highest BCUT2D eigenvalue weighted by atomic mass is 16.2. The van der Waals surface area contributed by atoms with Crippen LogP contribution in [0.3, 0.4) is 0 Å². The third-order valence-electron chi connectivity index (χ3n) is 3.59. The zero-order valence-corrected chi connectivity index (χ0v) is 12.4. The van der Waals surface area contributed by atoms with E-state index in [1.807, 2.05) is 12.1 Å². The molecule has 2 aromatic carbocycles. The summed E-state index contributed by atoms with van der Waals surface area (Å²) < 4.78 is 0. The first-order valence-corrected chi connectivity index (χ1v) is 7.25. The van der Waals surface area contributed by atoms with Crippen molar-refractivity contribution in [3.63, 3.8) is 0 Å². The molecule has 6 heteroatoms. The number of nitrogens with zero attached hydrogens (tertiary/aromatic N) is 1. The highest BCUT2D eigenvalue weighted by molar-refractivity contribution is 6.08. The van der Waals surface area contributed by atoms with Crippen LogP contribution in [-0.2, 0) is 4.79 Å². The third kappa shape index (κ3) is 3.37. The van der Waals surface area contributed by atoms with Gasteiger partial charge in [-0.05, 0) is 29.8 Å². The van der Waals surface area contributed by atoms with Crippen molar-refractivity contribution in [3.05, 3.63) is 59.7 Å². The second-order valence-electron chi connectivity index (χ2n) is 5.21. The maximum absolute atomic E-state index is 12.2. The Morgan fingerprint density at radius 1 is 1.09 bits per heavy atom.